The molecule has 2 bridgehead atoms. The summed E-state index contributed by atoms with van der Waals surface area (Å²) in [6.45, 7) is 0. The molecule has 1 aromatic carbocycles. The lowest BCUT2D eigenvalue weighted by atomic mass is 9.74. The van der Waals surface area contributed by atoms with Gasteiger partial charge in [-0.15, -0.1) is 0 Å². The highest BCUT2D eigenvalue weighted by Crippen LogP contribution is 2.45. The Morgan fingerprint density at radius 3 is 2.36 bits per heavy atom. The summed E-state index contributed by atoms with van der Waals surface area (Å²) in [7, 11) is 0. The van der Waals surface area contributed by atoms with Crippen molar-refractivity contribution in [1.82, 2.24) is 0 Å². The summed E-state index contributed by atoms with van der Waals surface area (Å²) in [5.41, 5.74) is 1.39. The van der Waals surface area contributed by atoms with Crippen molar-refractivity contribution in [3.63, 3.8) is 0 Å². The topological polar surface area (TPSA) is 24.7 Å². The molecule has 0 N–H and O–H groups in total. The van der Waals surface area contributed by atoms with E-state index in [4.69, 9.17) is 0 Å². The van der Waals surface area contributed by atoms with Gasteiger partial charge in [0.25, 0.3) is 0 Å². The van der Waals surface area contributed by atoms with Crippen molar-refractivity contribution in [2.45, 2.75) is 37.3 Å². The van der Waals surface area contributed by atoms with E-state index in [1.54, 1.807) is 0 Å². The maximum Gasteiger partial charge on any atom is 0.107 e. The van der Waals surface area contributed by atoms with E-state index in [1.165, 1.54) is 31.2 Å². The highest BCUT2D eigenvalue weighted by atomic mass is 15.2. The van der Waals surface area contributed by atoms with E-state index in [1.807, 2.05) is 0 Å². The van der Waals surface area contributed by atoms with E-state index in [2.05, 4.69) is 40.6 Å². The van der Waals surface area contributed by atoms with Crippen LogP contribution in [0.15, 0.2) is 40.6 Å². The van der Waals surface area contributed by atoms with Gasteiger partial charge in [0.05, 0.1) is 6.04 Å². The van der Waals surface area contributed by atoms with Gasteiger partial charge < -0.3 is 0 Å². The summed E-state index contributed by atoms with van der Waals surface area (Å²) in [6, 6.07) is 11.2. The maximum absolute atomic E-state index is 4.52. The Balaban J connectivity index is 2.04. The molecule has 1 aromatic rings. The van der Waals surface area contributed by atoms with Crippen molar-refractivity contribution < 1.29 is 0 Å². The number of benzene rings is 1. The van der Waals surface area contributed by atoms with E-state index < -0.39 is 0 Å². The first-order valence-electron chi connectivity index (χ1n) is 5.37. The van der Waals surface area contributed by atoms with Gasteiger partial charge in [-0.25, -0.2) is 0 Å². The van der Waals surface area contributed by atoms with Crippen molar-refractivity contribution in [3.05, 3.63) is 35.9 Å². The van der Waals surface area contributed by atoms with Gasteiger partial charge in [-0.1, -0.05) is 30.3 Å². The second kappa shape index (κ2) is 2.91. The monoisotopic (exact) mass is 186 g/mol. The van der Waals surface area contributed by atoms with Gasteiger partial charge in [0.15, 0.2) is 0 Å². The smallest absolute Gasteiger partial charge is 0.107 e. The van der Waals surface area contributed by atoms with Crippen LogP contribution in [0, 0.1) is 0 Å². The molecule has 4 rings (SSSR count). The molecule has 14 heavy (non-hydrogen) atoms. The van der Waals surface area contributed by atoms with Gasteiger partial charge in [-0.2, -0.15) is 10.2 Å². The predicted molar refractivity (Wildman–Crippen MR) is 55.2 cm³/mol. The summed E-state index contributed by atoms with van der Waals surface area (Å²) in [6.07, 6.45) is 4.81. The highest BCUT2D eigenvalue weighted by Gasteiger charge is 2.40. The van der Waals surface area contributed by atoms with Gasteiger partial charge in [0.1, 0.15) is 5.54 Å². The molecule has 0 saturated heterocycles. The lowest BCUT2D eigenvalue weighted by Gasteiger charge is -2.39. The van der Waals surface area contributed by atoms with Crippen LogP contribution in [0.1, 0.15) is 31.2 Å². The SMILES string of the molecule is c1ccc(C23CCC(CC2)N=N3)cc1. The predicted octanol–water partition coefficient (Wildman–Crippen LogP) is 3.29. The van der Waals surface area contributed by atoms with Crippen LogP contribution in [-0.2, 0) is 5.54 Å². The first kappa shape index (κ1) is 8.16. The van der Waals surface area contributed by atoms with Gasteiger partial charge in [0, 0.05) is 0 Å². The summed E-state index contributed by atoms with van der Waals surface area (Å²) in [5.74, 6) is 0. The molecule has 0 spiro atoms. The molecule has 0 atom stereocenters. The molecular formula is C12H14N2. The minimum absolute atomic E-state index is 0.0377. The van der Waals surface area contributed by atoms with Gasteiger partial charge in [0.2, 0.25) is 0 Å². The fourth-order valence-corrected chi connectivity index (χ4v) is 2.58. The summed E-state index contributed by atoms with van der Waals surface area (Å²) in [5, 5.41) is 8.90. The molecule has 2 heteroatoms. The average molecular weight is 186 g/mol. The molecule has 3 aliphatic rings. The molecule has 72 valence electrons. The zero-order valence-corrected chi connectivity index (χ0v) is 8.19. The maximum atomic E-state index is 4.52. The molecule has 1 fully saturated rings. The van der Waals surface area contributed by atoms with Crippen LogP contribution < -0.4 is 0 Å². The second-order valence-corrected chi connectivity index (χ2v) is 4.34. The Labute approximate surface area is 84.1 Å². The Morgan fingerprint density at radius 1 is 1.07 bits per heavy atom. The Hall–Kier alpha value is -1.18. The molecule has 2 heterocycles. The normalized spacial score (nSPS) is 34.7. The molecule has 0 unspecified atom stereocenters. The van der Waals surface area contributed by atoms with E-state index in [0.717, 1.165) is 0 Å². The number of azo groups is 1. The van der Waals surface area contributed by atoms with Crippen LogP contribution in [0.2, 0.25) is 0 Å². The molecule has 0 amide bonds. The number of rotatable bonds is 1. The number of hydrogen-bond acceptors (Lipinski definition) is 2. The zero-order chi connectivity index (χ0) is 9.43. The van der Waals surface area contributed by atoms with Crippen LogP contribution >= 0.6 is 0 Å². The van der Waals surface area contributed by atoms with Crippen molar-refractivity contribution in [2.24, 2.45) is 10.2 Å². The zero-order valence-electron chi connectivity index (χ0n) is 8.19. The highest BCUT2D eigenvalue weighted by molar-refractivity contribution is 5.26. The molecular weight excluding hydrogens is 172 g/mol. The van der Waals surface area contributed by atoms with Crippen LogP contribution in [0.5, 0.6) is 0 Å². The largest absolute Gasteiger partial charge is 0.190 e. The van der Waals surface area contributed by atoms with E-state index in [-0.39, 0.29) is 5.54 Å². The average Bonchev–Trinajstić information content (AvgIpc) is 2.33. The Morgan fingerprint density at radius 2 is 1.79 bits per heavy atom. The summed E-state index contributed by atoms with van der Waals surface area (Å²) in [4.78, 5) is 0. The third-order valence-electron chi connectivity index (χ3n) is 3.51. The van der Waals surface area contributed by atoms with Crippen LogP contribution in [0.25, 0.3) is 0 Å². The van der Waals surface area contributed by atoms with Gasteiger partial charge in [-0.05, 0) is 31.2 Å². The summed E-state index contributed by atoms with van der Waals surface area (Å²) < 4.78 is 0. The third-order valence-corrected chi connectivity index (χ3v) is 3.51. The molecule has 2 nitrogen and oxygen atoms in total. The van der Waals surface area contributed by atoms with Crippen LogP contribution in [-0.4, -0.2) is 6.04 Å². The lowest BCUT2D eigenvalue weighted by molar-refractivity contribution is 0.215. The van der Waals surface area contributed by atoms with Crippen molar-refractivity contribution in [2.75, 3.05) is 0 Å². The Bertz CT molecular complexity index is 348. The minimum Gasteiger partial charge on any atom is -0.190 e. The van der Waals surface area contributed by atoms with Gasteiger partial charge in [-0.3, -0.25) is 0 Å². The molecule has 2 aliphatic heterocycles. The van der Waals surface area contributed by atoms with Crippen molar-refractivity contribution >= 4 is 0 Å². The number of nitrogens with zero attached hydrogens (tertiary/aromatic N) is 2. The second-order valence-electron chi connectivity index (χ2n) is 4.34. The van der Waals surface area contributed by atoms with Crippen LogP contribution in [0.4, 0.5) is 0 Å². The molecule has 0 aromatic heterocycles. The fourth-order valence-electron chi connectivity index (χ4n) is 2.58. The first-order chi connectivity index (χ1) is 6.89. The number of fused-ring (bicyclic) bond motifs is 2. The molecule has 1 aliphatic carbocycles. The first-order valence-corrected chi connectivity index (χ1v) is 5.37. The molecule has 1 saturated carbocycles. The van der Waals surface area contributed by atoms with Crippen molar-refractivity contribution in [1.29, 1.82) is 0 Å². The van der Waals surface area contributed by atoms with Crippen molar-refractivity contribution in [3.8, 4) is 0 Å². The Kier molecular flexibility index (Phi) is 1.69. The van der Waals surface area contributed by atoms with E-state index >= 15 is 0 Å². The van der Waals surface area contributed by atoms with E-state index in [9.17, 15) is 0 Å². The quantitative estimate of drug-likeness (QED) is 0.643. The third kappa shape index (κ3) is 1.10. The summed E-state index contributed by atoms with van der Waals surface area (Å²) >= 11 is 0. The fraction of sp³-hybridized carbons (Fsp3) is 0.500. The van der Waals surface area contributed by atoms with Gasteiger partial charge >= 0.3 is 0 Å². The van der Waals surface area contributed by atoms with Crippen LogP contribution in [0.3, 0.4) is 0 Å². The molecule has 0 radical (unpaired) electrons. The minimum atomic E-state index is 0.0377. The van der Waals surface area contributed by atoms with E-state index in [0.29, 0.717) is 6.04 Å². The standard InChI is InChI=1S/C12H14N2/c1-2-4-10(5-3-1)12-8-6-11(7-9-12)13-14-12/h1-5,11H,6-9H2. The number of hydrogen-bond donors (Lipinski definition) is 0. The lowest BCUT2D eigenvalue weighted by Crippen LogP contribution is -2.35.